The molecule has 2 aromatic carbocycles. The van der Waals surface area contributed by atoms with E-state index in [0.29, 0.717) is 23.7 Å². The zero-order valence-electron chi connectivity index (χ0n) is 10.1. The number of ether oxygens (including phenoxy) is 1. The summed E-state index contributed by atoms with van der Waals surface area (Å²) in [7, 11) is 0. The van der Waals surface area contributed by atoms with E-state index < -0.39 is 0 Å². The van der Waals surface area contributed by atoms with E-state index >= 15 is 0 Å². The van der Waals surface area contributed by atoms with Crippen LogP contribution in [-0.4, -0.2) is 6.61 Å². The van der Waals surface area contributed by atoms with Gasteiger partial charge in [0.1, 0.15) is 11.6 Å². The average Bonchev–Trinajstić information content (AvgIpc) is 2.36. The zero-order valence-corrected chi connectivity index (χ0v) is 10.1. The molecule has 0 radical (unpaired) electrons. The molecule has 0 amide bonds. The number of hydrogen-bond acceptors (Lipinski definition) is 3. The molecule has 3 N–H and O–H groups in total. The summed E-state index contributed by atoms with van der Waals surface area (Å²) in [5.41, 5.74) is 7.07. The molecule has 0 saturated carbocycles. The van der Waals surface area contributed by atoms with E-state index in [4.69, 9.17) is 10.5 Å². The van der Waals surface area contributed by atoms with Gasteiger partial charge in [-0.1, -0.05) is 18.2 Å². The lowest BCUT2D eigenvalue weighted by Gasteiger charge is -2.14. The van der Waals surface area contributed by atoms with Crippen molar-refractivity contribution in [3.8, 4) is 5.75 Å². The minimum Gasteiger partial charge on any atom is -0.492 e. The van der Waals surface area contributed by atoms with Gasteiger partial charge in [0, 0.05) is 0 Å². The van der Waals surface area contributed by atoms with Crippen LogP contribution in [0, 0.1) is 5.82 Å². The van der Waals surface area contributed by atoms with Gasteiger partial charge in [0.15, 0.2) is 0 Å². The number of nitrogens with two attached hydrogens (primary N) is 1. The van der Waals surface area contributed by atoms with Crippen molar-refractivity contribution in [3.05, 3.63) is 48.3 Å². The van der Waals surface area contributed by atoms with E-state index in [1.807, 2.05) is 31.2 Å². The van der Waals surface area contributed by atoms with Crippen LogP contribution in [0.2, 0.25) is 0 Å². The van der Waals surface area contributed by atoms with E-state index in [1.54, 1.807) is 12.1 Å². The summed E-state index contributed by atoms with van der Waals surface area (Å²) < 4.78 is 19.1. The smallest absolute Gasteiger partial charge is 0.148 e. The highest BCUT2D eigenvalue weighted by Gasteiger charge is 2.09. The van der Waals surface area contributed by atoms with E-state index in [1.165, 1.54) is 6.07 Å². The van der Waals surface area contributed by atoms with Crippen molar-refractivity contribution in [2.75, 3.05) is 17.7 Å². The quantitative estimate of drug-likeness (QED) is 0.811. The molecule has 4 heteroatoms. The Morgan fingerprint density at radius 2 is 1.94 bits per heavy atom. The molecule has 0 atom stereocenters. The highest BCUT2D eigenvalue weighted by atomic mass is 19.1. The van der Waals surface area contributed by atoms with Crippen molar-refractivity contribution < 1.29 is 9.13 Å². The van der Waals surface area contributed by atoms with Crippen LogP contribution in [0.1, 0.15) is 6.92 Å². The lowest BCUT2D eigenvalue weighted by atomic mass is 10.2. The van der Waals surface area contributed by atoms with Crippen LogP contribution in [0.5, 0.6) is 5.75 Å². The van der Waals surface area contributed by atoms with Crippen LogP contribution in [0.3, 0.4) is 0 Å². The number of para-hydroxylation sites is 3. The van der Waals surface area contributed by atoms with Crippen LogP contribution < -0.4 is 15.8 Å². The monoisotopic (exact) mass is 246 g/mol. The maximum atomic E-state index is 13.7. The predicted molar refractivity (Wildman–Crippen MR) is 71.7 cm³/mol. The average molecular weight is 246 g/mol. The third-order valence-electron chi connectivity index (χ3n) is 2.49. The lowest BCUT2D eigenvalue weighted by Crippen LogP contribution is -2.01. The van der Waals surface area contributed by atoms with Gasteiger partial charge >= 0.3 is 0 Å². The molecule has 0 aromatic heterocycles. The molecule has 0 fully saturated rings. The Hall–Kier alpha value is -2.23. The van der Waals surface area contributed by atoms with Gasteiger partial charge in [-0.3, -0.25) is 0 Å². The number of rotatable bonds is 4. The van der Waals surface area contributed by atoms with Crippen molar-refractivity contribution in [1.82, 2.24) is 0 Å². The minimum absolute atomic E-state index is 0.268. The second-order valence-electron chi connectivity index (χ2n) is 3.76. The highest BCUT2D eigenvalue weighted by molar-refractivity contribution is 5.75. The van der Waals surface area contributed by atoms with Crippen LogP contribution in [0.25, 0.3) is 0 Å². The summed E-state index contributed by atoms with van der Waals surface area (Å²) in [5.74, 6) is 0.281. The molecule has 0 aliphatic carbocycles. The molecule has 0 unspecified atom stereocenters. The fourth-order valence-electron chi connectivity index (χ4n) is 1.66. The van der Waals surface area contributed by atoms with Crippen molar-refractivity contribution in [2.45, 2.75) is 6.92 Å². The maximum absolute atomic E-state index is 13.7. The Balaban J connectivity index is 2.34. The molecule has 2 rings (SSSR count). The Morgan fingerprint density at radius 1 is 1.17 bits per heavy atom. The first kappa shape index (κ1) is 12.2. The number of halogens is 1. The normalized spacial score (nSPS) is 10.1. The standard InChI is InChI=1S/C14H15FN2O/c1-2-18-13-9-4-3-8-12(13)17-14-10(15)6-5-7-11(14)16/h3-9,17H,2,16H2,1H3. The number of nitrogens with one attached hydrogen (secondary N) is 1. The molecule has 3 nitrogen and oxygen atoms in total. The largest absolute Gasteiger partial charge is 0.492 e. The van der Waals surface area contributed by atoms with Gasteiger partial charge in [-0.25, -0.2) is 4.39 Å². The molecule has 2 aromatic rings. The van der Waals surface area contributed by atoms with Crippen LogP contribution in [-0.2, 0) is 0 Å². The van der Waals surface area contributed by atoms with Gasteiger partial charge < -0.3 is 15.8 Å². The third kappa shape index (κ3) is 2.53. The van der Waals surface area contributed by atoms with Crippen LogP contribution in [0.4, 0.5) is 21.5 Å². The van der Waals surface area contributed by atoms with Crippen LogP contribution in [0.15, 0.2) is 42.5 Å². The molecule has 18 heavy (non-hydrogen) atoms. The van der Waals surface area contributed by atoms with Gasteiger partial charge in [0.05, 0.1) is 23.7 Å². The Morgan fingerprint density at radius 3 is 2.67 bits per heavy atom. The molecule has 0 heterocycles. The van der Waals surface area contributed by atoms with Gasteiger partial charge in [0.2, 0.25) is 0 Å². The predicted octanol–water partition coefficient (Wildman–Crippen LogP) is 3.55. The first-order chi connectivity index (χ1) is 8.72. The first-order valence-electron chi connectivity index (χ1n) is 5.75. The number of benzene rings is 2. The summed E-state index contributed by atoms with van der Waals surface area (Å²) in [5, 5.41) is 2.97. The molecule has 0 aliphatic rings. The molecule has 94 valence electrons. The third-order valence-corrected chi connectivity index (χ3v) is 2.49. The number of anilines is 3. The van der Waals surface area contributed by atoms with Crippen LogP contribution >= 0.6 is 0 Å². The van der Waals surface area contributed by atoms with E-state index in [-0.39, 0.29) is 11.5 Å². The molecule has 0 aliphatic heterocycles. The number of nitrogen functional groups attached to an aromatic ring is 1. The molecular weight excluding hydrogens is 231 g/mol. The topological polar surface area (TPSA) is 47.3 Å². The van der Waals surface area contributed by atoms with Crippen molar-refractivity contribution in [1.29, 1.82) is 0 Å². The summed E-state index contributed by atoms with van der Waals surface area (Å²) >= 11 is 0. The fourth-order valence-corrected chi connectivity index (χ4v) is 1.66. The Kier molecular flexibility index (Phi) is 3.67. The second kappa shape index (κ2) is 5.40. The van der Waals surface area contributed by atoms with Gasteiger partial charge in [-0.05, 0) is 31.2 Å². The maximum Gasteiger partial charge on any atom is 0.148 e. The van der Waals surface area contributed by atoms with Gasteiger partial charge in [0.25, 0.3) is 0 Å². The van der Waals surface area contributed by atoms with Gasteiger partial charge in [-0.15, -0.1) is 0 Å². The van der Waals surface area contributed by atoms with Gasteiger partial charge in [-0.2, -0.15) is 0 Å². The summed E-state index contributed by atoms with van der Waals surface area (Å²) in [6, 6.07) is 11.9. The lowest BCUT2D eigenvalue weighted by molar-refractivity contribution is 0.342. The molecular formula is C14H15FN2O. The van der Waals surface area contributed by atoms with Crippen molar-refractivity contribution in [2.24, 2.45) is 0 Å². The van der Waals surface area contributed by atoms with Crippen molar-refractivity contribution in [3.63, 3.8) is 0 Å². The molecule has 0 bridgehead atoms. The second-order valence-corrected chi connectivity index (χ2v) is 3.76. The number of hydrogen-bond donors (Lipinski definition) is 2. The first-order valence-corrected chi connectivity index (χ1v) is 5.75. The van der Waals surface area contributed by atoms with Crippen molar-refractivity contribution >= 4 is 17.1 Å². The summed E-state index contributed by atoms with van der Waals surface area (Å²) in [6.45, 7) is 2.44. The molecule has 0 saturated heterocycles. The summed E-state index contributed by atoms with van der Waals surface area (Å²) in [6.07, 6.45) is 0. The molecule has 0 spiro atoms. The zero-order chi connectivity index (χ0) is 13.0. The fraction of sp³-hybridized carbons (Fsp3) is 0.143. The summed E-state index contributed by atoms with van der Waals surface area (Å²) in [4.78, 5) is 0. The van der Waals surface area contributed by atoms with E-state index in [0.717, 1.165) is 0 Å². The van der Waals surface area contributed by atoms with E-state index in [2.05, 4.69) is 5.32 Å². The Bertz CT molecular complexity index is 523. The van der Waals surface area contributed by atoms with E-state index in [9.17, 15) is 4.39 Å². The Labute approximate surface area is 105 Å². The SMILES string of the molecule is CCOc1ccccc1Nc1c(N)cccc1F. The highest BCUT2D eigenvalue weighted by Crippen LogP contribution is 2.31. The minimum atomic E-state index is -0.388.